The number of nitrogens with zero attached hydrogens (tertiary/aromatic N) is 1. The van der Waals surface area contributed by atoms with Crippen molar-refractivity contribution in [3.63, 3.8) is 0 Å². The molecule has 122 valence electrons. The number of halogens is 2. The third-order valence-electron chi connectivity index (χ3n) is 3.69. The molecule has 0 bridgehead atoms. The Hall–Kier alpha value is -0.970. The molecule has 0 spiro atoms. The molecule has 1 aliphatic rings. The monoisotopic (exact) mass is 342 g/mol. The number of hydrogen-bond acceptors (Lipinski definition) is 2. The van der Waals surface area contributed by atoms with Crippen LogP contribution in [0.4, 0.5) is 5.69 Å². The highest BCUT2D eigenvalue weighted by molar-refractivity contribution is 6.36. The molecule has 0 unspecified atom stereocenters. The van der Waals surface area contributed by atoms with Crippen LogP contribution in [0.1, 0.15) is 39.5 Å². The van der Waals surface area contributed by atoms with E-state index in [1.807, 2.05) is 6.07 Å². The molecule has 22 heavy (non-hydrogen) atoms. The summed E-state index contributed by atoms with van der Waals surface area (Å²) in [6.45, 7) is 4.14. The molecule has 6 heteroatoms. The van der Waals surface area contributed by atoms with E-state index in [0.29, 0.717) is 16.0 Å². The normalized spacial score (nSPS) is 22.7. The van der Waals surface area contributed by atoms with Gasteiger partial charge in [-0.15, -0.1) is 0 Å². The third kappa shape index (κ3) is 5.04. The van der Waals surface area contributed by atoms with Crippen LogP contribution in [-0.2, 0) is 0 Å². The Labute approximate surface area is 142 Å². The minimum absolute atomic E-state index is 0.125. The molecule has 4 nitrogen and oxygen atoms in total. The smallest absolute Gasteiger partial charge is 0.196 e. The number of aliphatic imine (C=N–C) groups is 1. The van der Waals surface area contributed by atoms with Crippen LogP contribution in [0.25, 0.3) is 0 Å². The lowest BCUT2D eigenvalue weighted by atomic mass is 9.91. The summed E-state index contributed by atoms with van der Waals surface area (Å²) in [5.74, 6) is 0.710. The van der Waals surface area contributed by atoms with Gasteiger partial charge in [0.05, 0.1) is 16.8 Å². The van der Waals surface area contributed by atoms with Crippen LogP contribution in [-0.4, -0.2) is 24.1 Å². The minimum atomic E-state index is 0.125. The Morgan fingerprint density at radius 1 is 1.27 bits per heavy atom. The number of anilines is 1. The number of hydrogen-bond donors (Lipinski definition) is 3. The van der Waals surface area contributed by atoms with Crippen molar-refractivity contribution in [2.24, 2.45) is 10.7 Å². The van der Waals surface area contributed by atoms with Crippen molar-refractivity contribution < 1.29 is 0 Å². The van der Waals surface area contributed by atoms with Crippen LogP contribution < -0.4 is 16.4 Å². The van der Waals surface area contributed by atoms with Crippen molar-refractivity contribution in [1.82, 2.24) is 5.32 Å². The van der Waals surface area contributed by atoms with Crippen molar-refractivity contribution in [3.05, 3.63) is 28.2 Å². The highest BCUT2D eigenvalue weighted by Crippen LogP contribution is 2.26. The van der Waals surface area contributed by atoms with E-state index in [4.69, 9.17) is 33.9 Å². The molecule has 0 saturated heterocycles. The van der Waals surface area contributed by atoms with Crippen LogP contribution in [0, 0.1) is 0 Å². The minimum Gasteiger partial charge on any atom is -0.354 e. The van der Waals surface area contributed by atoms with Crippen LogP contribution in [0.2, 0.25) is 10.0 Å². The van der Waals surface area contributed by atoms with Crippen LogP contribution in [0.3, 0.4) is 0 Å². The quantitative estimate of drug-likeness (QED) is 0.574. The van der Waals surface area contributed by atoms with Crippen molar-refractivity contribution in [1.29, 1.82) is 0 Å². The molecule has 0 aromatic heterocycles. The van der Waals surface area contributed by atoms with Gasteiger partial charge in [-0.3, -0.25) is 0 Å². The second kappa shape index (κ2) is 8.04. The first kappa shape index (κ1) is 17.4. The number of benzene rings is 1. The van der Waals surface area contributed by atoms with E-state index in [2.05, 4.69) is 24.5 Å². The topological polar surface area (TPSA) is 62.4 Å². The van der Waals surface area contributed by atoms with Gasteiger partial charge < -0.3 is 16.4 Å². The second-order valence-electron chi connectivity index (χ2n) is 6.04. The van der Waals surface area contributed by atoms with Gasteiger partial charge in [-0.1, -0.05) is 36.0 Å². The van der Waals surface area contributed by atoms with Gasteiger partial charge in [0.2, 0.25) is 0 Å². The van der Waals surface area contributed by atoms with Gasteiger partial charge >= 0.3 is 0 Å². The SMILES string of the molecule is CC(C)NC(=N[C@H]1CCCC[C@@H]1N)Nc1ccc(Cl)cc1Cl. The van der Waals surface area contributed by atoms with E-state index < -0.39 is 0 Å². The Balaban J connectivity index is 2.18. The molecule has 1 fully saturated rings. The van der Waals surface area contributed by atoms with Gasteiger partial charge in [0, 0.05) is 17.1 Å². The zero-order valence-corrected chi connectivity index (χ0v) is 14.6. The summed E-state index contributed by atoms with van der Waals surface area (Å²) in [5.41, 5.74) is 6.98. The van der Waals surface area contributed by atoms with Crippen LogP contribution >= 0.6 is 23.2 Å². The largest absolute Gasteiger partial charge is 0.354 e. The third-order valence-corrected chi connectivity index (χ3v) is 4.23. The first-order chi connectivity index (χ1) is 10.5. The molecule has 0 amide bonds. The van der Waals surface area contributed by atoms with Crippen LogP contribution in [0.5, 0.6) is 0 Å². The van der Waals surface area contributed by atoms with E-state index in [9.17, 15) is 0 Å². The molecule has 1 saturated carbocycles. The van der Waals surface area contributed by atoms with E-state index >= 15 is 0 Å². The van der Waals surface area contributed by atoms with Crippen molar-refractivity contribution in [2.45, 2.75) is 57.7 Å². The first-order valence-electron chi connectivity index (χ1n) is 7.77. The summed E-state index contributed by atoms with van der Waals surface area (Å²) in [6, 6.07) is 5.90. The van der Waals surface area contributed by atoms with Gasteiger partial charge in [-0.2, -0.15) is 0 Å². The van der Waals surface area contributed by atoms with Crippen molar-refractivity contribution in [2.75, 3.05) is 5.32 Å². The maximum Gasteiger partial charge on any atom is 0.196 e. The molecule has 0 radical (unpaired) electrons. The summed E-state index contributed by atoms with van der Waals surface area (Å²) in [5, 5.41) is 7.78. The van der Waals surface area contributed by atoms with Gasteiger partial charge in [0.15, 0.2) is 5.96 Å². The van der Waals surface area contributed by atoms with E-state index in [1.165, 1.54) is 12.8 Å². The number of guanidine groups is 1. The van der Waals surface area contributed by atoms with Gasteiger partial charge in [0.1, 0.15) is 0 Å². The molecular weight excluding hydrogens is 319 g/mol. The summed E-state index contributed by atoms with van der Waals surface area (Å²) < 4.78 is 0. The van der Waals surface area contributed by atoms with Crippen molar-refractivity contribution >= 4 is 34.8 Å². The van der Waals surface area contributed by atoms with Crippen molar-refractivity contribution in [3.8, 4) is 0 Å². The Kier molecular flexibility index (Phi) is 6.36. The summed E-state index contributed by atoms with van der Waals surface area (Å²) in [7, 11) is 0. The predicted molar refractivity (Wildman–Crippen MR) is 96.0 cm³/mol. The average Bonchev–Trinajstić information content (AvgIpc) is 2.43. The Morgan fingerprint density at radius 3 is 2.64 bits per heavy atom. The number of nitrogens with two attached hydrogens (primary N) is 1. The van der Waals surface area contributed by atoms with Crippen LogP contribution in [0.15, 0.2) is 23.2 Å². The summed E-state index contributed by atoms with van der Waals surface area (Å²) in [4.78, 5) is 4.79. The predicted octanol–water partition coefficient (Wildman–Crippen LogP) is 4.03. The molecule has 1 aliphatic carbocycles. The van der Waals surface area contributed by atoms with E-state index in [1.54, 1.807) is 12.1 Å². The molecular formula is C16H24Cl2N4. The zero-order valence-electron chi connectivity index (χ0n) is 13.1. The van der Waals surface area contributed by atoms with E-state index in [0.717, 1.165) is 18.5 Å². The lowest BCUT2D eigenvalue weighted by Gasteiger charge is -2.27. The molecule has 2 atom stereocenters. The maximum absolute atomic E-state index is 6.23. The number of nitrogens with one attached hydrogen (secondary N) is 2. The molecule has 1 aromatic carbocycles. The van der Waals surface area contributed by atoms with Gasteiger partial charge in [-0.25, -0.2) is 4.99 Å². The number of rotatable bonds is 3. The lowest BCUT2D eigenvalue weighted by molar-refractivity contribution is 0.385. The summed E-state index contributed by atoms with van der Waals surface area (Å²) in [6.07, 6.45) is 4.43. The fraction of sp³-hybridized carbons (Fsp3) is 0.562. The zero-order chi connectivity index (χ0) is 16.1. The Bertz CT molecular complexity index is 531. The van der Waals surface area contributed by atoms with Gasteiger partial charge in [0.25, 0.3) is 0 Å². The molecule has 0 aliphatic heterocycles. The Morgan fingerprint density at radius 2 is 2.00 bits per heavy atom. The molecule has 2 rings (SSSR count). The average molecular weight is 343 g/mol. The fourth-order valence-corrected chi connectivity index (χ4v) is 3.02. The maximum atomic E-state index is 6.23. The lowest BCUT2D eigenvalue weighted by Crippen LogP contribution is -2.42. The van der Waals surface area contributed by atoms with E-state index in [-0.39, 0.29) is 18.1 Å². The second-order valence-corrected chi connectivity index (χ2v) is 6.89. The first-order valence-corrected chi connectivity index (χ1v) is 8.53. The molecule has 0 heterocycles. The van der Waals surface area contributed by atoms with Gasteiger partial charge in [-0.05, 0) is 44.9 Å². The summed E-state index contributed by atoms with van der Waals surface area (Å²) >= 11 is 12.2. The molecule has 4 N–H and O–H groups in total. The fourth-order valence-electron chi connectivity index (χ4n) is 2.56. The standard InChI is InChI=1S/C16H24Cl2N4/c1-10(2)20-16(22-15-6-4-3-5-13(15)19)21-14-8-7-11(17)9-12(14)18/h7-10,13,15H,3-6,19H2,1-2H3,(H2,20,21,22)/t13-,15-/m0/s1. The highest BCUT2D eigenvalue weighted by Gasteiger charge is 2.22. The highest BCUT2D eigenvalue weighted by atomic mass is 35.5. The molecule has 1 aromatic rings.